The van der Waals surface area contributed by atoms with Gasteiger partial charge in [0.1, 0.15) is 11.7 Å². The van der Waals surface area contributed by atoms with Gasteiger partial charge in [0.05, 0.1) is 5.25 Å². The van der Waals surface area contributed by atoms with Crippen molar-refractivity contribution in [3.8, 4) is 0 Å². The van der Waals surface area contributed by atoms with Crippen molar-refractivity contribution in [3.63, 3.8) is 0 Å². The summed E-state index contributed by atoms with van der Waals surface area (Å²) in [5, 5.41) is 21.0. The monoisotopic (exact) mass is 444 g/mol. The largest absolute Gasteiger partial charge is 0.384 e. The van der Waals surface area contributed by atoms with Gasteiger partial charge in [-0.05, 0) is 13.8 Å². The molecule has 164 valence electrons. The minimum atomic E-state index is -2.11. The van der Waals surface area contributed by atoms with Crippen LogP contribution in [0, 0.1) is 13.8 Å². The Hall–Kier alpha value is -2.52. The maximum Gasteiger partial charge on any atom is 0.339 e. The Bertz CT molecular complexity index is 970. The molecule has 2 unspecified atom stereocenters. The lowest BCUT2D eigenvalue weighted by molar-refractivity contribution is -0.280. The third-order valence-corrected chi connectivity index (χ3v) is 6.61. The van der Waals surface area contributed by atoms with Crippen molar-refractivity contribution in [1.29, 1.82) is 0 Å². The number of hydrogen-bond acceptors (Lipinski definition) is 8. The first-order chi connectivity index (χ1) is 14.6. The van der Waals surface area contributed by atoms with Gasteiger partial charge in [-0.25, -0.2) is 4.79 Å². The molecule has 31 heavy (non-hydrogen) atoms. The number of Topliss-reactive ketones (excluding diaryl/α,β-unsaturated/α-hetero) is 2. The van der Waals surface area contributed by atoms with Gasteiger partial charge in [0.2, 0.25) is 0 Å². The summed E-state index contributed by atoms with van der Waals surface area (Å²) < 4.78 is 0. The molecule has 0 aromatic heterocycles. The van der Waals surface area contributed by atoms with E-state index in [0.29, 0.717) is 0 Å². The maximum absolute atomic E-state index is 13.2. The Balaban J connectivity index is 1.91. The number of aliphatic hydroxyl groups excluding tert-OH is 1. The summed E-state index contributed by atoms with van der Waals surface area (Å²) in [6, 6.07) is 13.2. The van der Waals surface area contributed by atoms with Crippen LogP contribution in [-0.2, 0) is 14.6 Å². The van der Waals surface area contributed by atoms with Gasteiger partial charge < -0.3 is 10.2 Å². The molecule has 0 radical (unpaired) electrons. The van der Waals surface area contributed by atoms with Gasteiger partial charge in [-0.3, -0.25) is 14.5 Å². The highest BCUT2D eigenvalue weighted by molar-refractivity contribution is 8.00. The van der Waals surface area contributed by atoms with Crippen molar-refractivity contribution in [1.82, 2.24) is 0 Å². The molecule has 1 saturated heterocycles. The molecule has 1 aliphatic rings. The van der Waals surface area contributed by atoms with E-state index in [9.17, 15) is 24.6 Å². The topological polar surface area (TPSA) is 110 Å². The van der Waals surface area contributed by atoms with Crippen molar-refractivity contribution in [2.45, 2.75) is 49.6 Å². The Morgan fingerprint density at radius 1 is 1.00 bits per heavy atom. The molecule has 7 nitrogen and oxygen atoms in total. The predicted octanol–water partition coefficient (Wildman–Crippen LogP) is 2.79. The lowest BCUT2D eigenvalue weighted by Gasteiger charge is -2.30. The van der Waals surface area contributed by atoms with E-state index in [-0.39, 0.29) is 17.5 Å². The molecular weight excluding hydrogens is 420 g/mol. The Morgan fingerprint density at radius 3 is 2.03 bits per heavy atom. The van der Waals surface area contributed by atoms with Crippen LogP contribution in [0.2, 0.25) is 0 Å². The molecule has 1 heterocycles. The van der Waals surface area contributed by atoms with E-state index in [1.165, 1.54) is 0 Å². The molecule has 1 fully saturated rings. The summed E-state index contributed by atoms with van der Waals surface area (Å²) in [4.78, 5) is 46.8. The summed E-state index contributed by atoms with van der Waals surface area (Å²) in [7, 11) is 0. The zero-order chi connectivity index (χ0) is 22.8. The predicted molar refractivity (Wildman–Crippen MR) is 115 cm³/mol. The van der Waals surface area contributed by atoms with Gasteiger partial charge in [0.25, 0.3) is 0 Å². The number of rotatable bonds is 7. The van der Waals surface area contributed by atoms with E-state index in [0.717, 1.165) is 29.8 Å². The van der Waals surface area contributed by atoms with E-state index in [1.54, 1.807) is 48.5 Å². The second kappa shape index (κ2) is 9.32. The summed E-state index contributed by atoms with van der Waals surface area (Å²) in [6.07, 6.45) is -1.95. The molecular formula is C23H24O7S. The molecule has 2 aromatic rings. The minimum absolute atomic E-state index is 0.238. The van der Waals surface area contributed by atoms with Crippen LogP contribution in [0.1, 0.15) is 45.2 Å². The van der Waals surface area contributed by atoms with Crippen LogP contribution in [0.25, 0.3) is 0 Å². The normalized spacial score (nSPS) is 23.9. The quantitative estimate of drug-likeness (QED) is 0.381. The van der Waals surface area contributed by atoms with Crippen molar-refractivity contribution in [2.75, 3.05) is 0 Å². The van der Waals surface area contributed by atoms with E-state index in [1.807, 2.05) is 13.8 Å². The summed E-state index contributed by atoms with van der Waals surface area (Å²) in [5.74, 6) is -1.97. The molecule has 0 saturated carbocycles. The second-order valence-electron chi connectivity index (χ2n) is 7.66. The highest BCUT2D eigenvalue weighted by Crippen LogP contribution is 2.46. The first kappa shape index (κ1) is 23.1. The molecule has 2 N–H and O–H groups in total. The zero-order valence-electron chi connectivity index (χ0n) is 17.4. The first-order valence-electron chi connectivity index (χ1n) is 9.74. The smallest absolute Gasteiger partial charge is 0.339 e. The van der Waals surface area contributed by atoms with Crippen LogP contribution < -0.4 is 0 Å². The van der Waals surface area contributed by atoms with Gasteiger partial charge in [0, 0.05) is 24.5 Å². The van der Waals surface area contributed by atoms with E-state index in [2.05, 4.69) is 4.89 Å². The SMILES string of the molecule is CC(=O)OOC1C[C@](O)(C(=O)c2ccc(C)cc2)[C@H](C(O)C(=O)c2ccc(C)cc2)S1. The third kappa shape index (κ3) is 5.04. The van der Waals surface area contributed by atoms with Crippen LogP contribution >= 0.6 is 11.8 Å². The highest BCUT2D eigenvalue weighted by atomic mass is 32.2. The van der Waals surface area contributed by atoms with Crippen LogP contribution in [0.15, 0.2) is 48.5 Å². The van der Waals surface area contributed by atoms with Crippen molar-refractivity contribution < 1.29 is 34.4 Å². The fraction of sp³-hybridized carbons (Fsp3) is 0.348. The van der Waals surface area contributed by atoms with Gasteiger partial charge >= 0.3 is 5.97 Å². The van der Waals surface area contributed by atoms with E-state index >= 15 is 0 Å². The van der Waals surface area contributed by atoms with Crippen molar-refractivity contribution >= 4 is 29.3 Å². The number of aliphatic hydroxyl groups is 2. The number of aryl methyl sites for hydroxylation is 2. The summed E-state index contributed by atoms with van der Waals surface area (Å²) >= 11 is 0.879. The third-order valence-electron chi connectivity index (χ3n) is 5.12. The fourth-order valence-electron chi connectivity index (χ4n) is 3.41. The number of benzene rings is 2. The number of carbonyl (C=O) groups excluding carboxylic acids is 3. The average Bonchev–Trinajstić information content (AvgIpc) is 3.09. The molecule has 0 amide bonds. The number of carbonyl (C=O) groups is 3. The van der Waals surface area contributed by atoms with Gasteiger partial charge in [0.15, 0.2) is 17.0 Å². The standard InChI is InChI=1S/C23H24O7S/c1-13-4-8-16(9-5-13)19(25)20(26)22-23(28,12-18(31-22)30-29-15(3)24)21(27)17-10-6-14(2)7-11-17/h4-11,18,20,22,26,28H,12H2,1-3H3/t18?,20?,22-,23-/m0/s1. The highest BCUT2D eigenvalue weighted by Gasteiger charge is 2.57. The molecule has 2 aromatic carbocycles. The van der Waals surface area contributed by atoms with Crippen molar-refractivity contribution in [3.05, 3.63) is 70.8 Å². The molecule has 8 heteroatoms. The number of thioether (sulfide) groups is 1. The van der Waals surface area contributed by atoms with Crippen LogP contribution in [0.5, 0.6) is 0 Å². The van der Waals surface area contributed by atoms with Gasteiger partial charge in [-0.15, -0.1) is 11.8 Å². The minimum Gasteiger partial charge on any atom is -0.384 e. The maximum atomic E-state index is 13.2. The number of hydrogen-bond donors (Lipinski definition) is 2. The Morgan fingerprint density at radius 2 is 1.52 bits per heavy atom. The average molecular weight is 445 g/mol. The Kier molecular flexibility index (Phi) is 6.96. The lowest BCUT2D eigenvalue weighted by atomic mass is 9.83. The van der Waals surface area contributed by atoms with E-state index < -0.39 is 39.9 Å². The van der Waals surface area contributed by atoms with Crippen molar-refractivity contribution in [2.24, 2.45) is 0 Å². The molecule has 1 aliphatic heterocycles. The van der Waals surface area contributed by atoms with Gasteiger partial charge in [-0.1, -0.05) is 59.7 Å². The van der Waals surface area contributed by atoms with Crippen LogP contribution in [0.4, 0.5) is 0 Å². The number of ketones is 2. The Labute approximate surface area is 184 Å². The molecule has 0 aliphatic carbocycles. The fourth-order valence-corrected chi connectivity index (χ4v) is 4.87. The second-order valence-corrected chi connectivity index (χ2v) is 8.96. The zero-order valence-corrected chi connectivity index (χ0v) is 18.2. The lowest BCUT2D eigenvalue weighted by Crippen LogP contribution is -2.52. The molecule has 4 atom stereocenters. The molecule has 0 bridgehead atoms. The molecule has 3 rings (SSSR count). The first-order valence-corrected chi connectivity index (χ1v) is 10.7. The van der Waals surface area contributed by atoms with Crippen LogP contribution in [0.3, 0.4) is 0 Å². The summed E-state index contributed by atoms with van der Waals surface area (Å²) in [5.41, 5.74) is -0.665. The molecule has 0 spiro atoms. The summed E-state index contributed by atoms with van der Waals surface area (Å²) in [6.45, 7) is 4.88. The van der Waals surface area contributed by atoms with Gasteiger partial charge in [-0.2, -0.15) is 4.89 Å². The van der Waals surface area contributed by atoms with E-state index in [4.69, 9.17) is 4.89 Å². The van der Waals surface area contributed by atoms with Crippen LogP contribution in [-0.4, -0.2) is 50.1 Å².